The van der Waals surface area contributed by atoms with Gasteiger partial charge in [0.05, 0.1) is 18.8 Å². The molecule has 10 heavy (non-hydrogen) atoms. The van der Waals surface area contributed by atoms with Crippen LogP contribution in [0.15, 0.2) is 0 Å². The van der Waals surface area contributed by atoms with E-state index in [0.29, 0.717) is 6.10 Å². The molecule has 1 atom stereocenters. The maximum atomic E-state index is 8.11. The van der Waals surface area contributed by atoms with E-state index in [1.807, 2.05) is 0 Å². The summed E-state index contributed by atoms with van der Waals surface area (Å²) in [6, 6.07) is 0. The smallest absolute Gasteiger partial charge is 0.0742 e. The third-order valence-corrected chi connectivity index (χ3v) is 1.12. The van der Waals surface area contributed by atoms with E-state index in [0.717, 1.165) is 0 Å². The third-order valence-electron chi connectivity index (χ3n) is 1.12. The van der Waals surface area contributed by atoms with Crippen molar-refractivity contribution in [2.45, 2.75) is 32.0 Å². The van der Waals surface area contributed by atoms with Crippen molar-refractivity contribution in [3.63, 3.8) is 0 Å². The fourth-order valence-electron chi connectivity index (χ4n) is 0.304. The molecule has 2 N–H and O–H groups in total. The molecule has 3 nitrogen and oxygen atoms in total. The fourth-order valence-corrected chi connectivity index (χ4v) is 0.304. The minimum Gasteiger partial charge on any atom is -0.394 e. The van der Waals surface area contributed by atoms with Crippen LogP contribution in [0.4, 0.5) is 0 Å². The number of hydrogen-bond acceptors (Lipinski definition) is 3. The Kier molecular flexibility index (Phi) is 5.58. The number of rotatable bonds is 2. The molecule has 1 aliphatic carbocycles. The van der Waals surface area contributed by atoms with Gasteiger partial charge in [-0.3, -0.25) is 0 Å². The van der Waals surface area contributed by atoms with Crippen LogP contribution < -0.4 is 0 Å². The molecule has 0 aromatic rings. The van der Waals surface area contributed by atoms with Crippen LogP contribution in [-0.4, -0.2) is 36.1 Å². The van der Waals surface area contributed by atoms with Gasteiger partial charge in [-0.2, -0.15) is 0 Å². The molecule has 0 amide bonds. The van der Waals surface area contributed by atoms with Crippen LogP contribution in [-0.2, 0) is 4.74 Å². The lowest BCUT2D eigenvalue weighted by Gasteiger charge is -1.90. The average Bonchev–Trinajstić information content (AvgIpc) is 2.70. The van der Waals surface area contributed by atoms with Crippen LogP contribution in [0.25, 0.3) is 0 Å². The summed E-state index contributed by atoms with van der Waals surface area (Å²) < 4.78 is 4.86. The Morgan fingerprint density at radius 3 is 2.00 bits per heavy atom. The summed E-state index contributed by atoms with van der Waals surface area (Å²) in [5.41, 5.74) is 0. The average molecular weight is 148 g/mol. The molecule has 0 bridgehead atoms. The van der Waals surface area contributed by atoms with Crippen molar-refractivity contribution in [3.8, 4) is 0 Å². The van der Waals surface area contributed by atoms with Gasteiger partial charge in [-0.1, -0.05) is 0 Å². The minimum absolute atomic E-state index is 0.139. The quantitative estimate of drug-likeness (QED) is 0.586. The number of methoxy groups -OCH3 is 1. The third kappa shape index (κ3) is 7.88. The van der Waals surface area contributed by atoms with E-state index < -0.39 is 6.10 Å². The van der Waals surface area contributed by atoms with E-state index in [4.69, 9.17) is 14.9 Å². The second-order valence-electron chi connectivity index (χ2n) is 2.47. The maximum absolute atomic E-state index is 8.11. The summed E-state index contributed by atoms with van der Waals surface area (Å²) in [6.07, 6.45) is 2.65. The van der Waals surface area contributed by atoms with Crippen molar-refractivity contribution in [2.75, 3.05) is 13.7 Å². The summed E-state index contributed by atoms with van der Waals surface area (Å²) in [4.78, 5) is 0. The molecule has 0 radical (unpaired) electrons. The van der Waals surface area contributed by atoms with Crippen LogP contribution in [0.3, 0.4) is 0 Å². The summed E-state index contributed by atoms with van der Waals surface area (Å²) in [6.45, 7) is 1.39. The van der Waals surface area contributed by atoms with Crippen molar-refractivity contribution in [2.24, 2.45) is 0 Å². The lowest BCUT2D eigenvalue weighted by molar-refractivity contribution is 0.110. The van der Waals surface area contributed by atoms with E-state index in [9.17, 15) is 0 Å². The first-order valence-corrected chi connectivity index (χ1v) is 3.52. The van der Waals surface area contributed by atoms with Crippen LogP contribution in [0, 0.1) is 0 Å². The topological polar surface area (TPSA) is 49.7 Å². The Labute approximate surface area is 61.6 Å². The number of hydrogen-bond donors (Lipinski definition) is 2. The lowest BCUT2D eigenvalue weighted by Crippen LogP contribution is -2.03. The molecule has 1 fully saturated rings. The first-order valence-electron chi connectivity index (χ1n) is 3.52. The predicted molar refractivity (Wildman–Crippen MR) is 38.8 cm³/mol. The Morgan fingerprint density at radius 2 is 2.00 bits per heavy atom. The van der Waals surface area contributed by atoms with Crippen LogP contribution in [0.1, 0.15) is 19.8 Å². The van der Waals surface area contributed by atoms with Crippen molar-refractivity contribution < 1.29 is 14.9 Å². The molecule has 0 heterocycles. The van der Waals surface area contributed by atoms with Crippen molar-refractivity contribution >= 4 is 0 Å². The normalized spacial score (nSPS) is 19.2. The number of aliphatic hydroxyl groups is 2. The maximum Gasteiger partial charge on any atom is 0.0742 e. The van der Waals surface area contributed by atoms with Crippen LogP contribution in [0.2, 0.25) is 0 Å². The molecule has 0 spiro atoms. The Hall–Kier alpha value is -0.120. The van der Waals surface area contributed by atoms with Crippen molar-refractivity contribution in [1.82, 2.24) is 0 Å². The zero-order valence-electron chi connectivity index (χ0n) is 6.58. The minimum atomic E-state index is -0.560. The van der Waals surface area contributed by atoms with Crippen LogP contribution >= 0.6 is 0 Å². The molecular formula is C7H16O3. The first-order chi connectivity index (χ1) is 4.70. The SMILES string of the molecule is CC(O)CO.COC1CC1. The zero-order valence-corrected chi connectivity index (χ0v) is 6.58. The fraction of sp³-hybridized carbons (Fsp3) is 1.00. The predicted octanol–water partition coefficient (Wildman–Crippen LogP) is 0.155. The van der Waals surface area contributed by atoms with E-state index in [2.05, 4.69) is 0 Å². The highest BCUT2D eigenvalue weighted by Gasteiger charge is 2.19. The van der Waals surface area contributed by atoms with E-state index in [1.165, 1.54) is 19.8 Å². The van der Waals surface area contributed by atoms with Gasteiger partial charge in [0.25, 0.3) is 0 Å². The van der Waals surface area contributed by atoms with Crippen LogP contribution in [0.5, 0.6) is 0 Å². The van der Waals surface area contributed by atoms with Gasteiger partial charge in [0.15, 0.2) is 0 Å². The molecule has 3 heteroatoms. The molecule has 1 rings (SSSR count). The summed E-state index contributed by atoms with van der Waals surface area (Å²) in [7, 11) is 1.76. The van der Waals surface area contributed by atoms with E-state index in [1.54, 1.807) is 7.11 Å². The van der Waals surface area contributed by atoms with Gasteiger partial charge in [0, 0.05) is 7.11 Å². The second-order valence-corrected chi connectivity index (χ2v) is 2.47. The molecule has 1 aliphatic rings. The van der Waals surface area contributed by atoms with Gasteiger partial charge in [-0.25, -0.2) is 0 Å². The monoisotopic (exact) mass is 148 g/mol. The van der Waals surface area contributed by atoms with Gasteiger partial charge in [0.1, 0.15) is 0 Å². The largest absolute Gasteiger partial charge is 0.394 e. The van der Waals surface area contributed by atoms with E-state index in [-0.39, 0.29) is 6.61 Å². The highest BCUT2D eigenvalue weighted by molar-refractivity contribution is 4.71. The molecule has 62 valence electrons. The summed E-state index contributed by atoms with van der Waals surface area (Å²) >= 11 is 0. The van der Waals surface area contributed by atoms with Gasteiger partial charge in [-0.05, 0) is 19.8 Å². The molecule has 0 aromatic carbocycles. The lowest BCUT2D eigenvalue weighted by atomic mass is 10.5. The molecule has 0 saturated heterocycles. The summed E-state index contributed by atoms with van der Waals surface area (Å²) in [5.74, 6) is 0. The van der Waals surface area contributed by atoms with Gasteiger partial charge >= 0.3 is 0 Å². The van der Waals surface area contributed by atoms with Crippen molar-refractivity contribution in [1.29, 1.82) is 0 Å². The summed E-state index contributed by atoms with van der Waals surface area (Å²) in [5, 5.41) is 16.0. The van der Waals surface area contributed by atoms with Gasteiger partial charge in [-0.15, -0.1) is 0 Å². The molecular weight excluding hydrogens is 132 g/mol. The highest BCUT2D eigenvalue weighted by Crippen LogP contribution is 2.21. The van der Waals surface area contributed by atoms with Crippen molar-refractivity contribution in [3.05, 3.63) is 0 Å². The molecule has 1 saturated carbocycles. The van der Waals surface area contributed by atoms with E-state index >= 15 is 0 Å². The number of ether oxygens (including phenoxy) is 1. The molecule has 0 aliphatic heterocycles. The van der Waals surface area contributed by atoms with Gasteiger partial charge in [0.2, 0.25) is 0 Å². The highest BCUT2D eigenvalue weighted by atomic mass is 16.5. The zero-order chi connectivity index (χ0) is 7.98. The Morgan fingerprint density at radius 1 is 1.60 bits per heavy atom. The molecule has 1 unspecified atom stereocenters. The first kappa shape index (κ1) is 9.88. The molecule has 0 aromatic heterocycles. The second kappa shape index (κ2) is 5.65. The van der Waals surface area contributed by atoms with Gasteiger partial charge < -0.3 is 14.9 Å². The standard InChI is InChI=1S/C4H8O.C3H8O2/c1-5-4-2-3-4;1-3(5)2-4/h4H,2-3H2,1H3;3-5H,2H2,1H3. The Balaban J connectivity index is 0.000000162. The number of aliphatic hydroxyl groups excluding tert-OH is 2. The Bertz CT molecular complexity index is 67.3.